The number of imide groups is 1. The minimum absolute atomic E-state index is 0.104. The molecule has 0 bridgehead atoms. The molecule has 3 aromatic carbocycles. The van der Waals surface area contributed by atoms with Crippen LogP contribution in [0.2, 0.25) is 0 Å². The van der Waals surface area contributed by atoms with Crippen LogP contribution in [0.25, 0.3) is 0 Å². The lowest BCUT2D eigenvalue weighted by atomic mass is 9.85. The molecule has 0 N–H and O–H groups in total. The van der Waals surface area contributed by atoms with E-state index in [9.17, 15) is 18.4 Å². The smallest absolute Gasteiger partial charge is 0.317 e. The molecule has 1 fully saturated rings. The van der Waals surface area contributed by atoms with Crippen molar-refractivity contribution in [2.45, 2.75) is 18.9 Å². The highest BCUT2D eigenvalue weighted by molar-refractivity contribution is 6.16. The van der Waals surface area contributed by atoms with Crippen LogP contribution in [-0.2, 0) is 10.3 Å². The van der Waals surface area contributed by atoms with E-state index >= 15 is 0 Å². The first-order chi connectivity index (χ1) is 15.3. The Labute approximate surface area is 185 Å². The van der Waals surface area contributed by atoms with Crippen molar-refractivity contribution in [1.82, 2.24) is 4.90 Å². The Kier molecular flexibility index (Phi) is 5.50. The van der Waals surface area contributed by atoms with Gasteiger partial charge in [-0.05, 0) is 36.8 Å². The van der Waals surface area contributed by atoms with Gasteiger partial charge in [0.1, 0.15) is 5.69 Å². The molecule has 1 heterocycles. The quantitative estimate of drug-likeness (QED) is 0.533. The summed E-state index contributed by atoms with van der Waals surface area (Å²) in [6.45, 7) is 1.75. The number of carbonyl (C=O) groups is 2. The Bertz CT molecular complexity index is 1230. The van der Waals surface area contributed by atoms with Crippen LogP contribution in [0.3, 0.4) is 0 Å². The summed E-state index contributed by atoms with van der Waals surface area (Å²) < 4.78 is 29.9. The number of amides is 3. The van der Waals surface area contributed by atoms with E-state index in [1.54, 1.807) is 19.1 Å². The average molecular weight is 430 g/mol. The third kappa shape index (κ3) is 3.74. The number of carbonyl (C=O) groups excluding carboxylic acids is 2. The van der Waals surface area contributed by atoms with E-state index in [0.29, 0.717) is 10.5 Å². The molecule has 4 nitrogen and oxygen atoms in total. The SMILES string of the molecule is CN1C(=O)N(c2c(F)cc(C#Cc3ccccc3)cc2F)C(=O)C[C@]1(C)c1ccccc1. The van der Waals surface area contributed by atoms with Crippen LogP contribution in [0.1, 0.15) is 30.0 Å². The number of anilines is 1. The molecule has 0 saturated carbocycles. The normalized spacial score (nSPS) is 18.4. The second kappa shape index (κ2) is 8.27. The molecule has 6 heteroatoms. The van der Waals surface area contributed by atoms with Gasteiger partial charge >= 0.3 is 6.03 Å². The highest BCUT2D eigenvalue weighted by Crippen LogP contribution is 2.39. The van der Waals surface area contributed by atoms with Crippen LogP contribution in [-0.4, -0.2) is 23.9 Å². The van der Waals surface area contributed by atoms with Gasteiger partial charge in [0.2, 0.25) is 5.91 Å². The fourth-order valence-electron chi connectivity index (χ4n) is 3.79. The van der Waals surface area contributed by atoms with Crippen LogP contribution >= 0.6 is 0 Å². The summed E-state index contributed by atoms with van der Waals surface area (Å²) in [6, 6.07) is 19.3. The largest absolute Gasteiger partial charge is 0.332 e. The molecule has 3 aromatic rings. The van der Waals surface area contributed by atoms with Gasteiger partial charge in [-0.2, -0.15) is 0 Å². The number of rotatable bonds is 2. The summed E-state index contributed by atoms with van der Waals surface area (Å²) in [7, 11) is 1.52. The molecule has 0 aromatic heterocycles. The highest BCUT2D eigenvalue weighted by Gasteiger charge is 2.47. The topological polar surface area (TPSA) is 40.6 Å². The first-order valence-corrected chi connectivity index (χ1v) is 10.0. The van der Waals surface area contributed by atoms with Crippen molar-refractivity contribution in [2.75, 3.05) is 11.9 Å². The molecule has 0 spiro atoms. The van der Waals surface area contributed by atoms with Gasteiger partial charge in [-0.15, -0.1) is 0 Å². The van der Waals surface area contributed by atoms with Gasteiger partial charge < -0.3 is 4.90 Å². The number of halogens is 2. The Morgan fingerprint density at radius 2 is 1.38 bits per heavy atom. The van der Waals surface area contributed by atoms with Gasteiger partial charge in [0, 0.05) is 18.2 Å². The second-order valence-electron chi connectivity index (χ2n) is 7.79. The van der Waals surface area contributed by atoms with Crippen molar-refractivity contribution >= 4 is 17.6 Å². The summed E-state index contributed by atoms with van der Waals surface area (Å²) in [5, 5.41) is 0. The Morgan fingerprint density at radius 1 is 0.844 bits per heavy atom. The van der Waals surface area contributed by atoms with Crippen molar-refractivity contribution in [3.8, 4) is 11.8 Å². The van der Waals surface area contributed by atoms with Crippen molar-refractivity contribution in [3.05, 3.63) is 101 Å². The Hall–Kier alpha value is -3.98. The van der Waals surface area contributed by atoms with Crippen molar-refractivity contribution in [1.29, 1.82) is 0 Å². The maximum Gasteiger partial charge on any atom is 0.332 e. The summed E-state index contributed by atoms with van der Waals surface area (Å²) in [4.78, 5) is 28.0. The predicted molar refractivity (Wildman–Crippen MR) is 118 cm³/mol. The average Bonchev–Trinajstić information content (AvgIpc) is 2.79. The van der Waals surface area contributed by atoms with Gasteiger partial charge in [0.05, 0.1) is 12.0 Å². The first kappa shape index (κ1) is 21.3. The number of hydrogen-bond donors (Lipinski definition) is 0. The molecule has 160 valence electrons. The molecule has 0 unspecified atom stereocenters. The lowest BCUT2D eigenvalue weighted by Gasteiger charge is -2.45. The number of hydrogen-bond acceptors (Lipinski definition) is 2. The van der Waals surface area contributed by atoms with Crippen LogP contribution < -0.4 is 4.90 Å². The first-order valence-electron chi connectivity index (χ1n) is 10.0. The molecule has 32 heavy (non-hydrogen) atoms. The van der Waals surface area contributed by atoms with Gasteiger partial charge in [0.15, 0.2) is 11.6 Å². The maximum atomic E-state index is 14.9. The third-order valence-electron chi connectivity index (χ3n) is 5.72. The highest BCUT2D eigenvalue weighted by atomic mass is 19.1. The maximum absolute atomic E-state index is 14.9. The lowest BCUT2D eigenvalue weighted by Crippen LogP contribution is -2.60. The minimum atomic E-state index is -1.03. The standard InChI is InChI=1S/C26H20F2N2O2/c1-26(20-11-7-4-8-12-20)17-23(31)30(25(32)29(26)2)24-21(27)15-19(16-22(24)28)14-13-18-9-5-3-6-10-18/h3-12,15-16H,17H2,1-2H3/t26-/m1/s1. The van der Waals surface area contributed by atoms with E-state index in [0.717, 1.165) is 17.7 Å². The van der Waals surface area contributed by atoms with E-state index in [4.69, 9.17) is 0 Å². The van der Waals surface area contributed by atoms with E-state index < -0.39 is 34.8 Å². The summed E-state index contributed by atoms with van der Waals surface area (Å²) in [6.07, 6.45) is -0.117. The molecule has 0 aliphatic carbocycles. The molecule has 4 rings (SSSR count). The molecule has 1 aliphatic rings. The number of urea groups is 1. The Morgan fingerprint density at radius 3 is 1.97 bits per heavy atom. The molecule has 1 aliphatic heterocycles. The van der Waals surface area contributed by atoms with Crippen LogP contribution in [0, 0.1) is 23.5 Å². The zero-order valence-corrected chi connectivity index (χ0v) is 17.6. The van der Waals surface area contributed by atoms with Gasteiger partial charge in [-0.3, -0.25) is 4.79 Å². The van der Waals surface area contributed by atoms with Crippen molar-refractivity contribution < 1.29 is 18.4 Å². The number of nitrogens with zero attached hydrogens (tertiary/aromatic N) is 2. The third-order valence-corrected chi connectivity index (χ3v) is 5.72. The fourth-order valence-corrected chi connectivity index (χ4v) is 3.79. The Balaban J connectivity index is 1.68. The molecule has 1 atom stereocenters. The molecule has 1 saturated heterocycles. The monoisotopic (exact) mass is 430 g/mol. The molecular weight excluding hydrogens is 410 g/mol. The molecular formula is C26H20F2N2O2. The van der Waals surface area contributed by atoms with Crippen molar-refractivity contribution in [2.24, 2.45) is 0 Å². The van der Waals surface area contributed by atoms with Gasteiger partial charge in [0.25, 0.3) is 0 Å². The molecule has 3 amide bonds. The van der Waals surface area contributed by atoms with Crippen LogP contribution in [0.5, 0.6) is 0 Å². The van der Waals surface area contributed by atoms with E-state index in [1.807, 2.05) is 48.5 Å². The van der Waals surface area contributed by atoms with Gasteiger partial charge in [-0.1, -0.05) is 60.4 Å². The second-order valence-corrected chi connectivity index (χ2v) is 7.79. The van der Waals surface area contributed by atoms with Crippen LogP contribution in [0.15, 0.2) is 72.8 Å². The van der Waals surface area contributed by atoms with E-state index in [2.05, 4.69) is 11.8 Å². The van der Waals surface area contributed by atoms with E-state index in [1.165, 1.54) is 11.9 Å². The molecule has 0 radical (unpaired) electrons. The predicted octanol–water partition coefficient (Wildman–Crippen LogP) is 5.07. The minimum Gasteiger partial charge on any atom is -0.317 e. The van der Waals surface area contributed by atoms with E-state index in [-0.39, 0.29) is 12.0 Å². The van der Waals surface area contributed by atoms with Crippen LogP contribution in [0.4, 0.5) is 19.3 Å². The zero-order valence-electron chi connectivity index (χ0n) is 17.6. The summed E-state index contributed by atoms with van der Waals surface area (Å²) in [5.74, 6) is 2.80. The lowest BCUT2D eigenvalue weighted by molar-refractivity contribution is -0.122. The fraction of sp³-hybridized carbons (Fsp3) is 0.154. The van der Waals surface area contributed by atoms with Crippen molar-refractivity contribution in [3.63, 3.8) is 0 Å². The zero-order chi connectivity index (χ0) is 22.9. The summed E-state index contributed by atoms with van der Waals surface area (Å²) in [5.41, 5.74) is -0.0591. The van der Waals surface area contributed by atoms with Gasteiger partial charge in [-0.25, -0.2) is 18.5 Å². The summed E-state index contributed by atoms with van der Waals surface area (Å²) >= 11 is 0. The number of benzene rings is 3.